The molecule has 11 nitrogen and oxygen atoms in total. The number of rotatable bonds is 7. The van der Waals surface area contributed by atoms with E-state index in [1.165, 1.54) is 12.1 Å². The number of nitriles is 1. The highest BCUT2D eigenvalue weighted by Gasteiger charge is 2.42. The van der Waals surface area contributed by atoms with Gasteiger partial charge in [0.05, 0.1) is 24.2 Å². The molecule has 0 bridgehead atoms. The van der Waals surface area contributed by atoms with Crippen molar-refractivity contribution in [2.75, 3.05) is 23.5 Å². The zero-order valence-corrected chi connectivity index (χ0v) is 20.5. The van der Waals surface area contributed by atoms with Gasteiger partial charge in [0.1, 0.15) is 41.3 Å². The van der Waals surface area contributed by atoms with Gasteiger partial charge in [-0.1, -0.05) is 6.92 Å². The maximum atomic E-state index is 14.8. The normalized spacial score (nSPS) is 13.3. The average Bonchev–Trinajstić information content (AvgIpc) is 3.52. The Bertz CT molecular complexity index is 1560. The highest BCUT2D eigenvalue weighted by atomic mass is 19.1. The SMILES string of the molecule is COc1ccc(-n2nc(C3(C)CC3)cc2NC(=O)Nc2ccc(Oc3ncnc(N)c3C#N)cc2F)cc1. The number of anilines is 3. The van der Waals surface area contributed by atoms with Gasteiger partial charge in [0.15, 0.2) is 5.56 Å². The van der Waals surface area contributed by atoms with Gasteiger partial charge in [-0.25, -0.2) is 23.8 Å². The number of benzene rings is 2. The van der Waals surface area contributed by atoms with Crippen LogP contribution in [0.4, 0.5) is 26.5 Å². The number of ether oxygens (including phenoxy) is 2. The number of aromatic nitrogens is 4. The first kappa shape index (κ1) is 24.5. The molecule has 4 N–H and O–H groups in total. The van der Waals surface area contributed by atoms with E-state index in [2.05, 4.69) is 27.5 Å². The molecule has 0 saturated heterocycles. The number of urea groups is 1. The summed E-state index contributed by atoms with van der Waals surface area (Å²) in [6.07, 6.45) is 3.15. The van der Waals surface area contributed by atoms with Gasteiger partial charge >= 0.3 is 6.03 Å². The summed E-state index contributed by atoms with van der Waals surface area (Å²) in [5, 5.41) is 19.2. The molecule has 38 heavy (non-hydrogen) atoms. The molecular formula is C26H23FN8O3. The predicted molar refractivity (Wildman–Crippen MR) is 137 cm³/mol. The molecule has 0 unspecified atom stereocenters. The van der Waals surface area contributed by atoms with Crippen molar-refractivity contribution in [2.45, 2.75) is 25.2 Å². The fourth-order valence-corrected chi connectivity index (χ4v) is 3.74. The number of amides is 2. The lowest BCUT2D eigenvalue weighted by molar-refractivity contribution is 0.262. The lowest BCUT2D eigenvalue weighted by atomic mass is 10.1. The van der Waals surface area contributed by atoms with Gasteiger partial charge in [0, 0.05) is 17.5 Å². The van der Waals surface area contributed by atoms with E-state index in [1.807, 2.05) is 24.3 Å². The molecule has 2 amide bonds. The average molecular weight is 515 g/mol. The van der Waals surface area contributed by atoms with Crippen LogP contribution in [-0.2, 0) is 5.41 Å². The number of nitrogens with two attached hydrogens (primary N) is 1. The monoisotopic (exact) mass is 514 g/mol. The van der Waals surface area contributed by atoms with Crippen LogP contribution in [-0.4, -0.2) is 32.9 Å². The van der Waals surface area contributed by atoms with Crippen molar-refractivity contribution in [1.29, 1.82) is 5.26 Å². The van der Waals surface area contributed by atoms with Gasteiger partial charge in [0.2, 0.25) is 5.88 Å². The zero-order valence-electron chi connectivity index (χ0n) is 20.5. The number of carbonyl (C=O) groups excluding carboxylic acids is 1. The predicted octanol–water partition coefficient (Wildman–Crippen LogP) is 4.75. The quantitative estimate of drug-likeness (QED) is 0.319. The Morgan fingerprint density at radius 2 is 1.87 bits per heavy atom. The van der Waals surface area contributed by atoms with E-state index in [9.17, 15) is 14.4 Å². The van der Waals surface area contributed by atoms with Crippen molar-refractivity contribution < 1.29 is 18.7 Å². The molecular weight excluding hydrogens is 491 g/mol. The number of nitrogen functional groups attached to an aromatic ring is 1. The number of nitrogens with one attached hydrogen (secondary N) is 2. The van der Waals surface area contributed by atoms with Gasteiger partial charge < -0.3 is 20.5 Å². The Hall–Kier alpha value is -5.18. The summed E-state index contributed by atoms with van der Waals surface area (Å²) in [5.41, 5.74) is 7.06. The van der Waals surface area contributed by atoms with Crippen LogP contribution in [0.25, 0.3) is 5.69 Å². The van der Waals surface area contributed by atoms with Crippen molar-refractivity contribution in [3.63, 3.8) is 0 Å². The highest BCUT2D eigenvalue weighted by Crippen LogP contribution is 2.47. The van der Waals surface area contributed by atoms with Crippen LogP contribution >= 0.6 is 0 Å². The molecule has 1 fully saturated rings. The lowest BCUT2D eigenvalue weighted by Gasteiger charge is -2.12. The maximum absolute atomic E-state index is 14.8. The van der Waals surface area contributed by atoms with Crippen LogP contribution in [0.3, 0.4) is 0 Å². The second-order valence-electron chi connectivity index (χ2n) is 8.96. The minimum Gasteiger partial charge on any atom is -0.497 e. The van der Waals surface area contributed by atoms with E-state index >= 15 is 0 Å². The smallest absolute Gasteiger partial charge is 0.324 e. The van der Waals surface area contributed by atoms with E-state index in [0.29, 0.717) is 11.6 Å². The summed E-state index contributed by atoms with van der Waals surface area (Å²) in [6.45, 7) is 2.12. The minimum atomic E-state index is -0.756. The Morgan fingerprint density at radius 1 is 1.13 bits per heavy atom. The molecule has 0 atom stereocenters. The summed E-state index contributed by atoms with van der Waals surface area (Å²) < 4.78 is 27.2. The van der Waals surface area contributed by atoms with Crippen LogP contribution < -0.4 is 25.8 Å². The molecule has 0 spiro atoms. The highest BCUT2D eigenvalue weighted by molar-refractivity contribution is 5.99. The number of nitrogens with zero attached hydrogens (tertiary/aromatic N) is 5. The van der Waals surface area contributed by atoms with Crippen LogP contribution in [0, 0.1) is 17.1 Å². The van der Waals surface area contributed by atoms with Gasteiger partial charge in [-0.15, -0.1) is 0 Å². The molecule has 1 aliphatic rings. The fraction of sp³-hybridized carbons (Fsp3) is 0.192. The minimum absolute atomic E-state index is 0.0354. The Kier molecular flexibility index (Phi) is 6.26. The first-order valence-electron chi connectivity index (χ1n) is 11.6. The molecule has 2 aromatic heterocycles. The summed E-state index contributed by atoms with van der Waals surface area (Å²) in [5.74, 6) is 0.264. The molecule has 1 saturated carbocycles. The van der Waals surface area contributed by atoms with Gasteiger partial charge in [-0.05, 0) is 49.2 Å². The van der Waals surface area contributed by atoms with Crippen LogP contribution in [0.1, 0.15) is 31.0 Å². The van der Waals surface area contributed by atoms with Crippen molar-refractivity contribution in [2.24, 2.45) is 0 Å². The van der Waals surface area contributed by atoms with Gasteiger partial charge in [-0.3, -0.25) is 5.32 Å². The topological polar surface area (TPSA) is 153 Å². The maximum Gasteiger partial charge on any atom is 0.324 e. The second-order valence-corrected chi connectivity index (χ2v) is 8.96. The molecule has 0 aliphatic heterocycles. The summed E-state index contributed by atoms with van der Waals surface area (Å²) in [7, 11) is 1.58. The van der Waals surface area contributed by atoms with Gasteiger partial charge in [0.25, 0.3) is 0 Å². The van der Waals surface area contributed by atoms with Crippen LogP contribution in [0.15, 0.2) is 54.9 Å². The molecule has 192 valence electrons. The Morgan fingerprint density at radius 3 is 2.53 bits per heavy atom. The number of methoxy groups -OCH3 is 1. The molecule has 12 heteroatoms. The number of carbonyl (C=O) groups is 1. The molecule has 2 aromatic carbocycles. The first-order valence-corrected chi connectivity index (χ1v) is 11.6. The molecule has 1 aliphatic carbocycles. The summed E-state index contributed by atoms with van der Waals surface area (Å²) >= 11 is 0. The molecule has 5 rings (SSSR count). The van der Waals surface area contributed by atoms with E-state index in [4.69, 9.17) is 20.3 Å². The Balaban J connectivity index is 1.33. The van der Waals surface area contributed by atoms with Crippen molar-refractivity contribution in [3.05, 3.63) is 71.9 Å². The lowest BCUT2D eigenvalue weighted by Crippen LogP contribution is -2.22. The standard InChI is InChI=1S/C26H23FN8O3/c1-26(9-10-26)21-12-22(35(34-21)15-3-5-16(37-2)6-4-15)33-25(36)32-20-8-7-17(11-19(20)27)38-24-18(13-28)23(29)30-14-31-24/h3-8,11-12,14H,9-10H2,1-2H3,(H2,29,30,31)(H2,32,33,36). The van der Waals surface area contributed by atoms with Crippen molar-refractivity contribution in [1.82, 2.24) is 19.7 Å². The molecule has 4 aromatic rings. The van der Waals surface area contributed by atoms with Crippen LogP contribution in [0.5, 0.6) is 17.4 Å². The third kappa shape index (κ3) is 4.90. The summed E-state index contributed by atoms with van der Waals surface area (Å²) in [6, 6.07) is 14.1. The largest absolute Gasteiger partial charge is 0.497 e. The molecule has 0 radical (unpaired) electrons. The fourth-order valence-electron chi connectivity index (χ4n) is 3.74. The Labute approximate surface area is 217 Å². The van der Waals surface area contributed by atoms with E-state index in [0.717, 1.165) is 36.6 Å². The van der Waals surface area contributed by atoms with E-state index in [-0.39, 0.29) is 34.1 Å². The van der Waals surface area contributed by atoms with Gasteiger partial charge in [-0.2, -0.15) is 10.4 Å². The third-order valence-electron chi connectivity index (χ3n) is 6.24. The zero-order chi connectivity index (χ0) is 26.9. The second kappa shape index (κ2) is 9.70. The first-order chi connectivity index (χ1) is 18.3. The number of halogens is 1. The number of hydrogen-bond donors (Lipinski definition) is 3. The van der Waals surface area contributed by atoms with Crippen LogP contribution in [0.2, 0.25) is 0 Å². The third-order valence-corrected chi connectivity index (χ3v) is 6.24. The molecule has 2 heterocycles. The van der Waals surface area contributed by atoms with Crippen molar-refractivity contribution in [3.8, 4) is 29.1 Å². The summed E-state index contributed by atoms with van der Waals surface area (Å²) in [4.78, 5) is 20.4. The van der Waals surface area contributed by atoms with E-state index < -0.39 is 11.8 Å². The number of hydrogen-bond acceptors (Lipinski definition) is 8. The van der Waals surface area contributed by atoms with E-state index in [1.54, 1.807) is 23.9 Å². The van der Waals surface area contributed by atoms with Crippen molar-refractivity contribution >= 4 is 23.4 Å².